The first kappa shape index (κ1) is 16.7. The van der Waals surface area contributed by atoms with Crippen LogP contribution in [0, 0.1) is 0 Å². The predicted octanol–water partition coefficient (Wildman–Crippen LogP) is 3.06. The number of para-hydroxylation sites is 1. The molecule has 0 aliphatic carbocycles. The van der Waals surface area contributed by atoms with Gasteiger partial charge in [-0.05, 0) is 25.1 Å². The molecule has 6 heteroatoms. The molecule has 0 aliphatic rings. The Morgan fingerprint density at radius 1 is 1.16 bits per heavy atom. The van der Waals surface area contributed by atoms with E-state index in [1.165, 1.54) is 6.20 Å². The molecule has 128 valence electrons. The van der Waals surface area contributed by atoms with Crippen LogP contribution in [0.3, 0.4) is 0 Å². The van der Waals surface area contributed by atoms with Crippen LogP contribution in [0.15, 0.2) is 48.8 Å². The first-order valence-corrected chi connectivity index (χ1v) is 7.92. The minimum Gasteiger partial charge on any atom is -0.451 e. The van der Waals surface area contributed by atoms with E-state index in [-0.39, 0.29) is 5.78 Å². The molecule has 3 aromatic rings. The van der Waals surface area contributed by atoms with Crippen LogP contribution in [0.4, 0.5) is 5.82 Å². The molecule has 2 heterocycles. The molecule has 0 fully saturated rings. The fourth-order valence-electron chi connectivity index (χ4n) is 2.55. The third kappa shape index (κ3) is 3.38. The van der Waals surface area contributed by atoms with Gasteiger partial charge in [0.15, 0.2) is 6.10 Å². The number of Topliss-reactive ketones (excluding diaryl/α,β-unsaturated/α-hetero) is 1. The number of aromatic nitrogens is 2. The van der Waals surface area contributed by atoms with Crippen LogP contribution in [-0.2, 0) is 4.74 Å². The number of carbonyl (C=O) groups is 2. The van der Waals surface area contributed by atoms with Crippen molar-refractivity contribution in [2.75, 3.05) is 19.0 Å². The van der Waals surface area contributed by atoms with Crippen molar-refractivity contribution in [3.8, 4) is 0 Å². The number of rotatable bonds is 5. The van der Waals surface area contributed by atoms with Gasteiger partial charge in [0.1, 0.15) is 5.82 Å². The molecule has 0 saturated heterocycles. The van der Waals surface area contributed by atoms with Crippen molar-refractivity contribution in [1.29, 1.82) is 0 Å². The summed E-state index contributed by atoms with van der Waals surface area (Å²) in [6, 6.07) is 10.9. The standard InChI is InChI=1S/C19H19N3O3/c1-12(18(23)15-11-20-16-7-5-4-6-14(15)16)25-19(24)13-8-9-17(21-10-13)22(2)3/h4-12,20H,1-3H3/t12-/m0/s1. The molecule has 1 N–H and O–H groups in total. The van der Waals surface area contributed by atoms with Gasteiger partial charge in [-0.15, -0.1) is 0 Å². The normalized spacial score (nSPS) is 12.0. The zero-order chi connectivity index (χ0) is 18.0. The number of benzene rings is 1. The highest BCUT2D eigenvalue weighted by Crippen LogP contribution is 2.20. The van der Waals surface area contributed by atoms with Crippen molar-refractivity contribution >= 4 is 28.5 Å². The molecular formula is C19H19N3O3. The van der Waals surface area contributed by atoms with Crippen LogP contribution in [0.25, 0.3) is 10.9 Å². The molecule has 0 aliphatic heterocycles. The molecule has 6 nitrogen and oxygen atoms in total. The Hall–Kier alpha value is -3.15. The van der Waals surface area contributed by atoms with Crippen molar-refractivity contribution in [1.82, 2.24) is 9.97 Å². The van der Waals surface area contributed by atoms with E-state index in [0.717, 1.165) is 16.7 Å². The van der Waals surface area contributed by atoms with E-state index in [0.29, 0.717) is 11.1 Å². The zero-order valence-electron chi connectivity index (χ0n) is 14.3. The Labute approximate surface area is 145 Å². The van der Waals surface area contributed by atoms with Gasteiger partial charge in [-0.25, -0.2) is 9.78 Å². The molecule has 0 saturated carbocycles. The lowest BCUT2D eigenvalue weighted by molar-refractivity contribution is 0.0319. The first-order chi connectivity index (χ1) is 12.0. The number of carbonyl (C=O) groups excluding carboxylic acids is 2. The molecular weight excluding hydrogens is 318 g/mol. The predicted molar refractivity (Wildman–Crippen MR) is 96.1 cm³/mol. The van der Waals surface area contributed by atoms with E-state index in [4.69, 9.17) is 4.74 Å². The molecule has 25 heavy (non-hydrogen) atoms. The SMILES string of the molecule is C[C@H](OC(=O)c1ccc(N(C)C)nc1)C(=O)c1c[nH]c2ccccc12. The Morgan fingerprint density at radius 2 is 1.92 bits per heavy atom. The summed E-state index contributed by atoms with van der Waals surface area (Å²) in [5, 5.41) is 0.812. The summed E-state index contributed by atoms with van der Waals surface area (Å²) >= 11 is 0. The summed E-state index contributed by atoms with van der Waals surface area (Å²) in [7, 11) is 3.73. The molecule has 2 aromatic heterocycles. The quantitative estimate of drug-likeness (QED) is 0.572. The van der Waals surface area contributed by atoms with Crippen LogP contribution in [0.1, 0.15) is 27.6 Å². The van der Waals surface area contributed by atoms with Gasteiger partial charge >= 0.3 is 5.97 Å². The van der Waals surface area contributed by atoms with Crippen LogP contribution in [0.2, 0.25) is 0 Å². The highest BCUT2D eigenvalue weighted by molar-refractivity contribution is 6.10. The summed E-state index contributed by atoms with van der Waals surface area (Å²) in [6.07, 6.45) is 2.20. The topological polar surface area (TPSA) is 75.3 Å². The van der Waals surface area contributed by atoms with E-state index in [1.807, 2.05) is 43.3 Å². The number of pyridine rings is 1. The Bertz CT molecular complexity index is 913. The molecule has 1 atom stereocenters. The molecule has 3 rings (SSSR count). The lowest BCUT2D eigenvalue weighted by Crippen LogP contribution is -2.24. The Balaban J connectivity index is 1.73. The number of nitrogens with zero attached hydrogens (tertiary/aromatic N) is 2. The largest absolute Gasteiger partial charge is 0.451 e. The second-order valence-electron chi connectivity index (χ2n) is 5.96. The maximum Gasteiger partial charge on any atom is 0.340 e. The van der Waals surface area contributed by atoms with Crippen molar-refractivity contribution in [2.24, 2.45) is 0 Å². The fraction of sp³-hybridized carbons (Fsp3) is 0.211. The number of H-pyrrole nitrogens is 1. The number of ketones is 1. The average Bonchev–Trinajstić information content (AvgIpc) is 3.05. The third-order valence-corrected chi connectivity index (χ3v) is 3.95. The van der Waals surface area contributed by atoms with Crippen LogP contribution in [0.5, 0.6) is 0 Å². The van der Waals surface area contributed by atoms with Crippen molar-refractivity contribution in [3.05, 3.63) is 59.9 Å². The number of ether oxygens (including phenoxy) is 1. The third-order valence-electron chi connectivity index (χ3n) is 3.95. The lowest BCUT2D eigenvalue weighted by Gasteiger charge is -2.13. The summed E-state index contributed by atoms with van der Waals surface area (Å²) in [5.74, 6) is -0.0818. The molecule has 0 unspecified atom stereocenters. The van der Waals surface area contributed by atoms with Crippen LogP contribution >= 0.6 is 0 Å². The van der Waals surface area contributed by atoms with Gasteiger partial charge in [0.25, 0.3) is 0 Å². The highest BCUT2D eigenvalue weighted by atomic mass is 16.5. The number of hydrogen-bond acceptors (Lipinski definition) is 5. The molecule has 0 amide bonds. The van der Waals surface area contributed by atoms with Gasteiger partial charge in [0.05, 0.1) is 5.56 Å². The monoisotopic (exact) mass is 337 g/mol. The average molecular weight is 337 g/mol. The second-order valence-corrected chi connectivity index (χ2v) is 5.96. The van der Waals surface area contributed by atoms with E-state index < -0.39 is 12.1 Å². The minimum atomic E-state index is -0.889. The number of anilines is 1. The highest BCUT2D eigenvalue weighted by Gasteiger charge is 2.23. The minimum absolute atomic E-state index is 0.247. The number of hydrogen-bond donors (Lipinski definition) is 1. The van der Waals surface area contributed by atoms with E-state index >= 15 is 0 Å². The zero-order valence-corrected chi connectivity index (χ0v) is 14.3. The molecule has 0 radical (unpaired) electrons. The van der Waals surface area contributed by atoms with Gasteiger partial charge in [-0.3, -0.25) is 4.79 Å². The van der Waals surface area contributed by atoms with E-state index in [1.54, 1.807) is 25.3 Å². The number of fused-ring (bicyclic) bond motifs is 1. The fourth-order valence-corrected chi connectivity index (χ4v) is 2.55. The van der Waals surface area contributed by atoms with Crippen molar-refractivity contribution in [3.63, 3.8) is 0 Å². The van der Waals surface area contributed by atoms with Crippen LogP contribution in [-0.4, -0.2) is 41.9 Å². The summed E-state index contributed by atoms with van der Waals surface area (Å²) < 4.78 is 5.32. The van der Waals surface area contributed by atoms with Gasteiger partial charge in [0, 0.05) is 43.0 Å². The molecule has 0 bridgehead atoms. The lowest BCUT2D eigenvalue weighted by atomic mass is 10.1. The van der Waals surface area contributed by atoms with Crippen molar-refractivity contribution < 1.29 is 14.3 Å². The summed E-state index contributed by atoms with van der Waals surface area (Å²) in [4.78, 5) is 33.9. The maximum absolute atomic E-state index is 12.6. The Morgan fingerprint density at radius 3 is 2.60 bits per heavy atom. The van der Waals surface area contributed by atoms with Crippen molar-refractivity contribution in [2.45, 2.75) is 13.0 Å². The van der Waals surface area contributed by atoms with E-state index in [2.05, 4.69) is 9.97 Å². The van der Waals surface area contributed by atoms with E-state index in [9.17, 15) is 9.59 Å². The van der Waals surface area contributed by atoms with Gasteiger partial charge < -0.3 is 14.6 Å². The maximum atomic E-state index is 12.6. The number of aromatic amines is 1. The molecule has 1 aromatic carbocycles. The first-order valence-electron chi connectivity index (χ1n) is 7.92. The van der Waals surface area contributed by atoms with Gasteiger partial charge in [0.2, 0.25) is 5.78 Å². The number of nitrogens with one attached hydrogen (secondary N) is 1. The Kier molecular flexibility index (Phi) is 4.52. The number of esters is 1. The second kappa shape index (κ2) is 6.76. The summed E-state index contributed by atoms with van der Waals surface area (Å²) in [6.45, 7) is 1.57. The van der Waals surface area contributed by atoms with Gasteiger partial charge in [-0.1, -0.05) is 18.2 Å². The summed E-state index contributed by atoms with van der Waals surface area (Å²) in [5.41, 5.74) is 1.69. The van der Waals surface area contributed by atoms with Crippen LogP contribution < -0.4 is 4.90 Å². The smallest absolute Gasteiger partial charge is 0.340 e. The van der Waals surface area contributed by atoms with Gasteiger partial charge in [-0.2, -0.15) is 0 Å². The molecule has 0 spiro atoms.